The number of nitrogens with one attached hydrogen (secondary N) is 1. The fourth-order valence-corrected chi connectivity index (χ4v) is 3.91. The minimum Gasteiger partial charge on any atom is -0.388 e. The molecule has 1 spiro atoms. The van der Waals surface area contributed by atoms with E-state index < -0.39 is 17.2 Å². The maximum Gasteiger partial charge on any atom is 0.324 e. The van der Waals surface area contributed by atoms with Gasteiger partial charge in [0.2, 0.25) is 5.91 Å². The average molecular weight is 396 g/mol. The van der Waals surface area contributed by atoms with E-state index in [4.69, 9.17) is 14.0 Å². The second-order valence-electron chi connectivity index (χ2n) is 8.36. The zero-order valence-electron chi connectivity index (χ0n) is 17.2. The number of aliphatic hydroxyl groups is 1. The van der Waals surface area contributed by atoms with Crippen molar-refractivity contribution in [2.45, 2.75) is 70.1 Å². The molecule has 1 amide bonds. The number of anilines is 1. The highest BCUT2D eigenvalue weighted by Gasteiger charge is 2.49. The van der Waals surface area contributed by atoms with Gasteiger partial charge in [0, 0.05) is 32.0 Å². The molecular weight excluding hydrogens is 364 g/mol. The van der Waals surface area contributed by atoms with Crippen molar-refractivity contribution in [2.24, 2.45) is 0 Å². The minimum atomic E-state index is -1.04. The number of hydrogen-bond acceptors (Lipinski definition) is 8. The van der Waals surface area contributed by atoms with Gasteiger partial charge in [-0.3, -0.25) is 4.79 Å². The first-order valence-electron chi connectivity index (χ1n) is 10.1. The number of nitrogens with zero attached hydrogens (tertiary/aromatic N) is 3. The maximum atomic E-state index is 11.9. The Balaban J connectivity index is 1.56. The van der Waals surface area contributed by atoms with Crippen LogP contribution in [0.25, 0.3) is 0 Å². The molecule has 3 heterocycles. The number of rotatable bonds is 6. The third-order valence-corrected chi connectivity index (χ3v) is 5.65. The van der Waals surface area contributed by atoms with Crippen molar-refractivity contribution >= 4 is 11.9 Å². The molecule has 2 fully saturated rings. The van der Waals surface area contributed by atoms with Gasteiger partial charge in [0.15, 0.2) is 5.82 Å². The fraction of sp³-hybridized carbons (Fsp3) is 0.842. The van der Waals surface area contributed by atoms with E-state index >= 15 is 0 Å². The molecule has 28 heavy (non-hydrogen) atoms. The fourth-order valence-electron chi connectivity index (χ4n) is 3.91. The molecule has 0 unspecified atom stereocenters. The molecule has 1 aromatic heterocycles. The van der Waals surface area contributed by atoms with Crippen molar-refractivity contribution in [3.8, 4) is 0 Å². The monoisotopic (exact) mass is 396 g/mol. The van der Waals surface area contributed by atoms with Gasteiger partial charge in [0.1, 0.15) is 6.61 Å². The van der Waals surface area contributed by atoms with E-state index in [1.807, 2.05) is 20.8 Å². The van der Waals surface area contributed by atoms with Crippen LogP contribution in [0.5, 0.6) is 0 Å². The molecule has 0 aliphatic carbocycles. The summed E-state index contributed by atoms with van der Waals surface area (Å²) >= 11 is 0. The van der Waals surface area contributed by atoms with Crippen molar-refractivity contribution in [2.75, 3.05) is 37.8 Å². The summed E-state index contributed by atoms with van der Waals surface area (Å²) in [5.41, 5.74) is -1.44. The molecule has 9 nitrogen and oxygen atoms in total. The molecule has 2 saturated heterocycles. The second kappa shape index (κ2) is 8.34. The minimum absolute atomic E-state index is 0.00820. The summed E-state index contributed by atoms with van der Waals surface area (Å²) in [6.07, 6.45) is 1.97. The topological polar surface area (TPSA) is 110 Å². The zero-order valence-corrected chi connectivity index (χ0v) is 17.2. The van der Waals surface area contributed by atoms with Crippen LogP contribution < -0.4 is 10.2 Å². The summed E-state index contributed by atoms with van der Waals surface area (Å²) in [6.45, 7) is 9.85. The molecule has 158 valence electrons. The highest BCUT2D eigenvalue weighted by molar-refractivity contribution is 5.77. The number of amides is 1. The first kappa shape index (κ1) is 21.0. The van der Waals surface area contributed by atoms with Crippen LogP contribution in [0, 0.1) is 0 Å². The molecule has 2 aliphatic heterocycles. The molecule has 0 aromatic carbocycles. The highest BCUT2D eigenvalue weighted by atomic mass is 16.5. The zero-order chi connectivity index (χ0) is 20.4. The van der Waals surface area contributed by atoms with Crippen LogP contribution in [-0.4, -0.2) is 71.3 Å². The summed E-state index contributed by atoms with van der Waals surface area (Å²) in [4.78, 5) is 18.5. The Morgan fingerprint density at radius 3 is 2.71 bits per heavy atom. The van der Waals surface area contributed by atoms with E-state index in [-0.39, 0.29) is 25.0 Å². The smallest absolute Gasteiger partial charge is 0.324 e. The van der Waals surface area contributed by atoms with E-state index in [1.54, 1.807) is 6.92 Å². The molecule has 1 aromatic rings. The predicted octanol–water partition coefficient (Wildman–Crippen LogP) is 1.22. The standard InChI is InChI=1S/C19H32N4O5/c1-5-26-11-15(24)20-14-10-27-19(12-18(14,4)25)6-8-23(9-7-19)17-21-16(13(2)3)22-28-17/h13-14,25H,5-12H2,1-4H3,(H,20,24)/t14-,18-/m0/s1. The van der Waals surface area contributed by atoms with Crippen LogP contribution in [0.15, 0.2) is 4.52 Å². The number of piperidine rings is 1. The van der Waals surface area contributed by atoms with E-state index in [0.717, 1.165) is 25.9 Å². The number of aromatic nitrogens is 2. The molecule has 0 radical (unpaired) electrons. The second-order valence-corrected chi connectivity index (χ2v) is 8.36. The average Bonchev–Trinajstić information content (AvgIpc) is 3.13. The van der Waals surface area contributed by atoms with Gasteiger partial charge in [-0.25, -0.2) is 0 Å². The summed E-state index contributed by atoms with van der Waals surface area (Å²) in [5.74, 6) is 0.692. The molecule has 0 saturated carbocycles. The van der Waals surface area contributed by atoms with Crippen LogP contribution in [0.4, 0.5) is 6.01 Å². The first-order valence-corrected chi connectivity index (χ1v) is 10.1. The Hall–Kier alpha value is -1.71. The quantitative estimate of drug-likeness (QED) is 0.739. The lowest BCUT2D eigenvalue weighted by atomic mass is 9.76. The molecule has 2 atom stereocenters. The lowest BCUT2D eigenvalue weighted by molar-refractivity contribution is -0.181. The third-order valence-electron chi connectivity index (χ3n) is 5.65. The Kier molecular flexibility index (Phi) is 6.26. The molecule has 0 bridgehead atoms. The molecular formula is C19H32N4O5. The summed E-state index contributed by atoms with van der Waals surface area (Å²) in [6, 6.07) is 0.0934. The number of carbonyl (C=O) groups is 1. The van der Waals surface area contributed by atoms with Gasteiger partial charge in [-0.15, -0.1) is 0 Å². The molecule has 2 N–H and O–H groups in total. The van der Waals surface area contributed by atoms with E-state index in [1.165, 1.54) is 0 Å². The van der Waals surface area contributed by atoms with Gasteiger partial charge in [-0.2, -0.15) is 4.98 Å². The van der Waals surface area contributed by atoms with Crippen molar-refractivity contribution in [1.29, 1.82) is 0 Å². The number of carbonyl (C=O) groups excluding carboxylic acids is 1. The van der Waals surface area contributed by atoms with Gasteiger partial charge >= 0.3 is 6.01 Å². The van der Waals surface area contributed by atoms with Crippen molar-refractivity contribution in [1.82, 2.24) is 15.5 Å². The maximum absolute atomic E-state index is 11.9. The lowest BCUT2D eigenvalue weighted by Gasteiger charge is -2.51. The van der Waals surface area contributed by atoms with E-state index in [9.17, 15) is 9.90 Å². The van der Waals surface area contributed by atoms with E-state index in [2.05, 4.69) is 20.4 Å². The van der Waals surface area contributed by atoms with Crippen LogP contribution in [0.2, 0.25) is 0 Å². The van der Waals surface area contributed by atoms with Crippen LogP contribution >= 0.6 is 0 Å². The van der Waals surface area contributed by atoms with Gasteiger partial charge < -0.3 is 29.3 Å². The summed E-state index contributed by atoms with van der Waals surface area (Å²) < 4.78 is 16.7. The Morgan fingerprint density at radius 2 is 2.14 bits per heavy atom. The molecule has 3 rings (SSSR count). The largest absolute Gasteiger partial charge is 0.388 e. The Bertz CT molecular complexity index is 667. The van der Waals surface area contributed by atoms with Crippen molar-refractivity contribution in [3.05, 3.63) is 5.82 Å². The van der Waals surface area contributed by atoms with Crippen molar-refractivity contribution in [3.63, 3.8) is 0 Å². The van der Waals surface area contributed by atoms with Gasteiger partial charge in [-0.1, -0.05) is 19.0 Å². The van der Waals surface area contributed by atoms with Gasteiger partial charge in [0.05, 0.1) is 23.9 Å². The normalized spacial score (nSPS) is 27.4. The van der Waals surface area contributed by atoms with Gasteiger partial charge in [-0.05, 0) is 26.7 Å². The number of hydrogen-bond donors (Lipinski definition) is 2. The predicted molar refractivity (Wildman–Crippen MR) is 102 cm³/mol. The first-order chi connectivity index (χ1) is 13.2. The third kappa shape index (κ3) is 4.64. The Labute approximate surface area is 165 Å². The Morgan fingerprint density at radius 1 is 1.43 bits per heavy atom. The van der Waals surface area contributed by atoms with Gasteiger partial charge in [0.25, 0.3) is 0 Å². The summed E-state index contributed by atoms with van der Waals surface area (Å²) in [7, 11) is 0. The van der Waals surface area contributed by atoms with Crippen LogP contribution in [-0.2, 0) is 14.3 Å². The lowest BCUT2D eigenvalue weighted by Crippen LogP contribution is -2.64. The van der Waals surface area contributed by atoms with Crippen LogP contribution in [0.1, 0.15) is 58.7 Å². The summed E-state index contributed by atoms with van der Waals surface area (Å²) in [5, 5.41) is 17.8. The SMILES string of the molecule is CCOCC(=O)N[C@H]1COC2(CCN(c3nc(C(C)C)no3)CC2)C[C@]1(C)O. The van der Waals surface area contributed by atoms with E-state index in [0.29, 0.717) is 24.9 Å². The van der Waals surface area contributed by atoms with Crippen molar-refractivity contribution < 1.29 is 23.9 Å². The molecule has 9 heteroatoms. The number of ether oxygens (including phenoxy) is 2. The van der Waals surface area contributed by atoms with Crippen LogP contribution in [0.3, 0.4) is 0 Å². The molecule has 2 aliphatic rings. The highest BCUT2D eigenvalue weighted by Crippen LogP contribution is 2.40.